The highest BCUT2D eigenvalue weighted by Crippen LogP contribution is 2.34. The molecule has 2 aromatic heterocycles. The van der Waals surface area contributed by atoms with E-state index in [0.717, 1.165) is 16.6 Å². The average Bonchev–Trinajstić information content (AvgIpc) is 3.44. The first-order valence-electron chi connectivity index (χ1n) is 13.4. The topological polar surface area (TPSA) is 108 Å². The lowest BCUT2D eigenvalue weighted by Gasteiger charge is -2.14. The van der Waals surface area contributed by atoms with Gasteiger partial charge in [0.15, 0.2) is 23.9 Å². The van der Waals surface area contributed by atoms with Crippen LogP contribution in [0.25, 0.3) is 33.5 Å². The van der Waals surface area contributed by atoms with Crippen LogP contribution in [-0.2, 0) is 4.79 Å². The minimum absolute atomic E-state index is 0.210. The van der Waals surface area contributed by atoms with Crippen molar-refractivity contribution in [3.63, 3.8) is 0 Å². The van der Waals surface area contributed by atoms with Crippen LogP contribution < -0.4 is 20.3 Å². The third-order valence-corrected chi connectivity index (χ3v) is 7.83. The number of nitrogens with zero attached hydrogens (tertiary/aromatic N) is 3. The van der Waals surface area contributed by atoms with Crippen LogP contribution in [0.2, 0.25) is 5.02 Å². The summed E-state index contributed by atoms with van der Waals surface area (Å²) in [5, 5.41) is 9.13. The Hall–Kier alpha value is -4.68. The number of hydrogen-bond donors (Lipinski definition) is 1. The van der Waals surface area contributed by atoms with E-state index in [2.05, 4.69) is 33.0 Å². The highest BCUT2D eigenvalue weighted by Gasteiger charge is 2.18. The lowest BCUT2D eigenvalue weighted by Crippen LogP contribution is -2.21. The molecular formula is C33H24ClIN4O5. The first kappa shape index (κ1) is 29.4. The van der Waals surface area contributed by atoms with Gasteiger partial charge >= 0.3 is 0 Å². The summed E-state index contributed by atoms with van der Waals surface area (Å²) >= 11 is 8.28. The average molecular weight is 719 g/mol. The predicted octanol–water partition coefficient (Wildman–Crippen LogP) is 7.28. The summed E-state index contributed by atoms with van der Waals surface area (Å²) in [5.74, 6) is 1.11. The number of anilines is 1. The van der Waals surface area contributed by atoms with Crippen LogP contribution in [0.5, 0.6) is 11.5 Å². The van der Waals surface area contributed by atoms with E-state index in [0.29, 0.717) is 47.9 Å². The first-order chi connectivity index (χ1) is 21.3. The number of rotatable bonds is 8. The number of methoxy groups -OCH3 is 1. The van der Waals surface area contributed by atoms with E-state index in [4.69, 9.17) is 30.5 Å². The maximum Gasteiger partial charge on any atom is 0.282 e. The number of benzene rings is 4. The molecule has 0 saturated heterocycles. The fraction of sp³-hybridized carbons (Fsp3) is 0.0909. The summed E-state index contributed by atoms with van der Waals surface area (Å²) in [6.07, 6.45) is 1.53. The Morgan fingerprint density at radius 1 is 1.09 bits per heavy atom. The molecule has 44 heavy (non-hydrogen) atoms. The summed E-state index contributed by atoms with van der Waals surface area (Å²) < 4.78 is 19.4. The number of amides is 1. The summed E-state index contributed by atoms with van der Waals surface area (Å²) in [6, 6.07) is 25.1. The van der Waals surface area contributed by atoms with Crippen molar-refractivity contribution in [1.82, 2.24) is 9.66 Å². The Morgan fingerprint density at radius 2 is 1.89 bits per heavy atom. The normalized spacial score (nSPS) is 11.4. The van der Waals surface area contributed by atoms with Crippen molar-refractivity contribution in [2.75, 3.05) is 19.0 Å². The Labute approximate surface area is 270 Å². The van der Waals surface area contributed by atoms with Gasteiger partial charge in [-0.15, -0.1) is 0 Å². The number of halogens is 2. The number of carbonyl (C=O) groups is 1. The molecule has 0 fully saturated rings. The Kier molecular flexibility index (Phi) is 8.36. The van der Waals surface area contributed by atoms with E-state index in [1.807, 2.05) is 43.3 Å². The second kappa shape index (κ2) is 12.5. The molecule has 0 unspecified atom stereocenters. The lowest BCUT2D eigenvalue weighted by molar-refractivity contribution is -0.118. The minimum atomic E-state index is -0.360. The highest BCUT2D eigenvalue weighted by molar-refractivity contribution is 14.1. The first-order valence-corrected chi connectivity index (χ1v) is 14.9. The quantitative estimate of drug-likeness (QED) is 0.131. The standard InChI is InChI=1S/C33H24ClIN4O5/c1-19-7-3-5-9-25(19)37-30(40)18-43-31-24(35)13-20(14-28(31)42-2)17-36-39-32(38-26-10-6-4-8-23(26)33(39)41)29-16-21-15-22(34)11-12-27(21)44-29/h3-17H,18H2,1-2H3,(H,37,40). The molecule has 0 radical (unpaired) electrons. The van der Waals surface area contributed by atoms with Gasteiger partial charge in [0.1, 0.15) is 5.58 Å². The van der Waals surface area contributed by atoms with Crippen LogP contribution in [0.15, 0.2) is 99.2 Å². The fourth-order valence-electron chi connectivity index (χ4n) is 4.63. The second-order valence-electron chi connectivity index (χ2n) is 9.79. The monoisotopic (exact) mass is 718 g/mol. The molecule has 2 heterocycles. The fourth-order valence-corrected chi connectivity index (χ4v) is 5.59. The van der Waals surface area contributed by atoms with Gasteiger partial charge in [-0.1, -0.05) is 41.9 Å². The summed E-state index contributed by atoms with van der Waals surface area (Å²) in [6.45, 7) is 1.71. The Balaban J connectivity index is 1.32. The molecule has 0 aliphatic heterocycles. The Morgan fingerprint density at radius 3 is 2.70 bits per heavy atom. The number of hydrogen-bond acceptors (Lipinski definition) is 7. The van der Waals surface area contributed by atoms with Crippen molar-refractivity contribution < 1.29 is 18.7 Å². The number of ether oxygens (including phenoxy) is 2. The molecule has 6 aromatic rings. The maximum atomic E-state index is 13.6. The van der Waals surface area contributed by atoms with Gasteiger partial charge in [0.25, 0.3) is 11.5 Å². The largest absolute Gasteiger partial charge is 0.493 e. The molecule has 0 bridgehead atoms. The van der Waals surface area contributed by atoms with Crippen molar-refractivity contribution in [3.8, 4) is 23.1 Å². The molecule has 1 amide bonds. The molecule has 220 valence electrons. The number of nitrogens with one attached hydrogen (secondary N) is 1. The van der Waals surface area contributed by atoms with Crippen LogP contribution in [0, 0.1) is 10.5 Å². The third kappa shape index (κ3) is 6.03. The van der Waals surface area contributed by atoms with Gasteiger partial charge in [-0.25, -0.2) is 4.98 Å². The number of aryl methyl sites for hydroxylation is 1. The molecule has 0 atom stereocenters. The van der Waals surface area contributed by atoms with Crippen LogP contribution >= 0.6 is 34.2 Å². The summed E-state index contributed by atoms with van der Waals surface area (Å²) in [7, 11) is 1.51. The smallest absolute Gasteiger partial charge is 0.282 e. The van der Waals surface area contributed by atoms with Crippen molar-refractivity contribution in [2.45, 2.75) is 6.92 Å². The predicted molar refractivity (Wildman–Crippen MR) is 180 cm³/mol. The van der Waals surface area contributed by atoms with Crippen LogP contribution in [-0.4, -0.2) is 35.5 Å². The van der Waals surface area contributed by atoms with Gasteiger partial charge < -0.3 is 19.2 Å². The zero-order chi connectivity index (χ0) is 30.8. The highest BCUT2D eigenvalue weighted by atomic mass is 127. The van der Waals surface area contributed by atoms with Gasteiger partial charge in [-0.2, -0.15) is 9.78 Å². The molecule has 0 aliphatic rings. The molecule has 0 saturated carbocycles. The van der Waals surface area contributed by atoms with Crippen molar-refractivity contribution in [1.29, 1.82) is 0 Å². The zero-order valence-electron chi connectivity index (χ0n) is 23.5. The number of para-hydroxylation sites is 2. The van der Waals surface area contributed by atoms with E-state index in [9.17, 15) is 9.59 Å². The molecule has 11 heteroatoms. The van der Waals surface area contributed by atoms with E-state index >= 15 is 0 Å². The van der Waals surface area contributed by atoms with Crippen LogP contribution in [0.4, 0.5) is 5.69 Å². The van der Waals surface area contributed by atoms with Crippen molar-refractivity contribution in [2.24, 2.45) is 5.10 Å². The zero-order valence-corrected chi connectivity index (χ0v) is 26.4. The van der Waals surface area contributed by atoms with Gasteiger partial charge in [0, 0.05) is 16.1 Å². The summed E-state index contributed by atoms with van der Waals surface area (Å²) in [5.41, 5.74) is 3.06. The number of fused-ring (bicyclic) bond motifs is 2. The third-order valence-electron chi connectivity index (χ3n) is 6.79. The molecule has 0 spiro atoms. The molecular weight excluding hydrogens is 695 g/mol. The SMILES string of the molecule is COc1cc(C=Nn2c(-c3cc4cc(Cl)ccc4o3)nc3ccccc3c2=O)cc(I)c1OCC(=O)Nc1ccccc1C. The Bertz CT molecular complexity index is 2140. The number of furan rings is 1. The summed E-state index contributed by atoms with van der Waals surface area (Å²) in [4.78, 5) is 30.9. The van der Waals surface area contributed by atoms with Gasteiger partial charge in [-0.3, -0.25) is 9.59 Å². The molecule has 0 aliphatic carbocycles. The molecule has 6 rings (SSSR count). The van der Waals surface area contributed by atoms with E-state index < -0.39 is 0 Å². The number of carbonyl (C=O) groups excluding carboxylic acids is 1. The van der Waals surface area contributed by atoms with Gasteiger partial charge in [-0.05, 0) is 95.2 Å². The minimum Gasteiger partial charge on any atom is -0.493 e. The van der Waals surface area contributed by atoms with E-state index in [-0.39, 0.29) is 23.9 Å². The second-order valence-corrected chi connectivity index (χ2v) is 11.4. The lowest BCUT2D eigenvalue weighted by atomic mass is 10.2. The molecule has 9 nitrogen and oxygen atoms in total. The van der Waals surface area contributed by atoms with Crippen LogP contribution in [0.3, 0.4) is 0 Å². The van der Waals surface area contributed by atoms with Crippen molar-refractivity contribution in [3.05, 3.63) is 115 Å². The van der Waals surface area contributed by atoms with E-state index in [1.165, 1.54) is 18.0 Å². The van der Waals surface area contributed by atoms with Gasteiger partial charge in [0.2, 0.25) is 5.82 Å². The van der Waals surface area contributed by atoms with Gasteiger partial charge in [0.05, 0.1) is 27.8 Å². The molecule has 1 N–H and O–H groups in total. The van der Waals surface area contributed by atoms with E-state index in [1.54, 1.807) is 48.5 Å². The molecule has 4 aromatic carbocycles. The van der Waals surface area contributed by atoms with Crippen LogP contribution in [0.1, 0.15) is 11.1 Å². The maximum absolute atomic E-state index is 13.6. The van der Waals surface area contributed by atoms with Crippen molar-refractivity contribution >= 4 is 73.9 Å². The number of aromatic nitrogens is 2.